The molecule has 2 aliphatic carbocycles. The van der Waals surface area contributed by atoms with Gasteiger partial charge in [-0.25, -0.2) is 0 Å². The molecule has 4 atom stereocenters. The van der Waals surface area contributed by atoms with Gasteiger partial charge in [0.2, 0.25) is 0 Å². The molecule has 3 aliphatic rings. The Bertz CT molecular complexity index is 178. The molecule has 0 aromatic carbocycles. The highest BCUT2D eigenvalue weighted by atomic mass is 16.5. The van der Waals surface area contributed by atoms with Crippen LogP contribution in [0.25, 0.3) is 0 Å². The van der Waals surface area contributed by atoms with Gasteiger partial charge < -0.3 is 4.74 Å². The molecule has 0 aromatic rings. The van der Waals surface area contributed by atoms with Crippen LogP contribution in [0.4, 0.5) is 0 Å². The molecule has 3 rings (SSSR count). The molecular weight excluding hydrogens is 148 g/mol. The summed E-state index contributed by atoms with van der Waals surface area (Å²) in [5, 5.41) is 0. The van der Waals surface area contributed by atoms with E-state index in [4.69, 9.17) is 4.74 Å². The third-order valence-electron chi connectivity index (χ3n) is 4.16. The van der Waals surface area contributed by atoms with Gasteiger partial charge in [-0.3, -0.25) is 0 Å². The molecule has 12 heavy (non-hydrogen) atoms. The molecule has 4 unspecified atom stereocenters. The Kier molecular flexibility index (Phi) is 1.68. The van der Waals surface area contributed by atoms with Crippen LogP contribution in [0.3, 0.4) is 0 Å². The molecule has 1 nitrogen and oxygen atoms in total. The number of fused-ring (bicyclic) bond motifs is 3. The Morgan fingerprint density at radius 1 is 0.667 bits per heavy atom. The van der Waals surface area contributed by atoms with Crippen molar-refractivity contribution in [3.05, 3.63) is 0 Å². The number of hydrogen-bond donors (Lipinski definition) is 0. The standard InChI is InChI=1S/C11H18O/c1-2-6-10-8(4-1)9-5-3-7-11(9)12-10/h8-11H,1-7H2. The Labute approximate surface area is 74.5 Å². The highest BCUT2D eigenvalue weighted by Gasteiger charge is 2.46. The van der Waals surface area contributed by atoms with Gasteiger partial charge >= 0.3 is 0 Å². The van der Waals surface area contributed by atoms with Crippen molar-refractivity contribution in [2.45, 2.75) is 57.2 Å². The zero-order valence-electron chi connectivity index (χ0n) is 7.67. The van der Waals surface area contributed by atoms with Gasteiger partial charge in [-0.15, -0.1) is 0 Å². The van der Waals surface area contributed by atoms with Gasteiger partial charge in [0.25, 0.3) is 0 Å². The quantitative estimate of drug-likeness (QED) is 0.537. The predicted molar refractivity (Wildman–Crippen MR) is 48.0 cm³/mol. The second-order valence-corrected chi connectivity index (χ2v) is 4.76. The molecule has 1 saturated heterocycles. The van der Waals surface area contributed by atoms with Gasteiger partial charge in [0, 0.05) is 0 Å². The fourth-order valence-electron chi connectivity index (χ4n) is 3.62. The third kappa shape index (κ3) is 0.953. The summed E-state index contributed by atoms with van der Waals surface area (Å²) in [6, 6.07) is 0. The molecule has 1 aliphatic heterocycles. The van der Waals surface area contributed by atoms with E-state index in [0.717, 1.165) is 11.8 Å². The van der Waals surface area contributed by atoms with Crippen molar-refractivity contribution in [1.82, 2.24) is 0 Å². The van der Waals surface area contributed by atoms with Crippen LogP contribution in [0.15, 0.2) is 0 Å². The van der Waals surface area contributed by atoms with Crippen LogP contribution in [0.5, 0.6) is 0 Å². The van der Waals surface area contributed by atoms with Crippen molar-refractivity contribution < 1.29 is 4.74 Å². The van der Waals surface area contributed by atoms with Gasteiger partial charge in [0.05, 0.1) is 12.2 Å². The molecule has 1 heteroatoms. The minimum absolute atomic E-state index is 0.675. The average Bonchev–Trinajstić information content (AvgIpc) is 2.62. The van der Waals surface area contributed by atoms with E-state index in [0.29, 0.717) is 12.2 Å². The molecule has 0 spiro atoms. The third-order valence-corrected chi connectivity index (χ3v) is 4.16. The molecule has 0 amide bonds. The van der Waals surface area contributed by atoms with E-state index in [-0.39, 0.29) is 0 Å². The van der Waals surface area contributed by atoms with Crippen LogP contribution in [0.2, 0.25) is 0 Å². The van der Waals surface area contributed by atoms with E-state index >= 15 is 0 Å². The summed E-state index contributed by atoms with van der Waals surface area (Å²) in [5.41, 5.74) is 0. The predicted octanol–water partition coefficient (Wildman–Crippen LogP) is 2.74. The summed E-state index contributed by atoms with van der Waals surface area (Å²) < 4.78 is 6.09. The van der Waals surface area contributed by atoms with Crippen molar-refractivity contribution in [1.29, 1.82) is 0 Å². The highest BCUT2D eigenvalue weighted by molar-refractivity contribution is 4.95. The molecular formula is C11H18O. The lowest BCUT2D eigenvalue weighted by molar-refractivity contribution is 0.0175. The van der Waals surface area contributed by atoms with Crippen LogP contribution in [-0.4, -0.2) is 12.2 Å². The molecule has 0 bridgehead atoms. The minimum Gasteiger partial charge on any atom is -0.374 e. The van der Waals surface area contributed by atoms with Crippen molar-refractivity contribution in [3.8, 4) is 0 Å². The summed E-state index contributed by atoms with van der Waals surface area (Å²) in [7, 11) is 0. The van der Waals surface area contributed by atoms with E-state index in [1.54, 1.807) is 0 Å². The highest BCUT2D eigenvalue weighted by Crippen LogP contribution is 2.48. The summed E-state index contributed by atoms with van der Waals surface area (Å²) in [5.74, 6) is 1.93. The first-order chi connectivity index (χ1) is 5.95. The van der Waals surface area contributed by atoms with Crippen LogP contribution in [0.1, 0.15) is 44.9 Å². The Hall–Kier alpha value is -0.0400. The summed E-state index contributed by atoms with van der Waals surface area (Å²) in [6.07, 6.45) is 11.3. The smallest absolute Gasteiger partial charge is 0.0610 e. The summed E-state index contributed by atoms with van der Waals surface area (Å²) in [6.45, 7) is 0. The molecule has 0 aromatic heterocycles. The molecule has 0 radical (unpaired) electrons. The maximum absolute atomic E-state index is 6.09. The normalized spacial score (nSPS) is 52.0. The van der Waals surface area contributed by atoms with E-state index in [9.17, 15) is 0 Å². The zero-order chi connectivity index (χ0) is 7.97. The maximum Gasteiger partial charge on any atom is 0.0610 e. The van der Waals surface area contributed by atoms with Gasteiger partial charge in [-0.2, -0.15) is 0 Å². The Morgan fingerprint density at radius 3 is 2.08 bits per heavy atom. The fourth-order valence-corrected chi connectivity index (χ4v) is 3.62. The van der Waals surface area contributed by atoms with Crippen molar-refractivity contribution in [3.63, 3.8) is 0 Å². The SMILES string of the molecule is C1CCC2C(C1)OC1CCCC12. The van der Waals surface area contributed by atoms with Crippen LogP contribution >= 0.6 is 0 Å². The first-order valence-electron chi connectivity index (χ1n) is 5.60. The molecule has 3 fully saturated rings. The molecule has 1 heterocycles. The maximum atomic E-state index is 6.09. The van der Waals surface area contributed by atoms with E-state index in [1.807, 2.05) is 0 Å². The minimum atomic E-state index is 0.675. The number of hydrogen-bond acceptors (Lipinski definition) is 1. The lowest BCUT2D eigenvalue weighted by atomic mass is 9.79. The number of ether oxygens (including phenoxy) is 1. The average molecular weight is 166 g/mol. The molecule has 0 N–H and O–H groups in total. The fraction of sp³-hybridized carbons (Fsp3) is 1.00. The zero-order valence-corrected chi connectivity index (χ0v) is 7.67. The molecule has 2 saturated carbocycles. The summed E-state index contributed by atoms with van der Waals surface area (Å²) >= 11 is 0. The van der Waals surface area contributed by atoms with Crippen molar-refractivity contribution in [2.75, 3.05) is 0 Å². The van der Waals surface area contributed by atoms with E-state index in [2.05, 4.69) is 0 Å². The first kappa shape index (κ1) is 7.37. The largest absolute Gasteiger partial charge is 0.374 e. The van der Waals surface area contributed by atoms with Crippen molar-refractivity contribution >= 4 is 0 Å². The summed E-state index contributed by atoms with van der Waals surface area (Å²) in [4.78, 5) is 0. The molecule has 68 valence electrons. The van der Waals surface area contributed by atoms with Crippen molar-refractivity contribution in [2.24, 2.45) is 11.8 Å². The Balaban J connectivity index is 1.79. The van der Waals surface area contributed by atoms with Crippen LogP contribution < -0.4 is 0 Å². The second-order valence-electron chi connectivity index (χ2n) is 4.76. The number of rotatable bonds is 0. The first-order valence-corrected chi connectivity index (χ1v) is 5.60. The van der Waals surface area contributed by atoms with Crippen LogP contribution in [-0.2, 0) is 4.74 Å². The van der Waals surface area contributed by atoms with Gasteiger partial charge in [0.15, 0.2) is 0 Å². The van der Waals surface area contributed by atoms with Gasteiger partial charge in [0.1, 0.15) is 0 Å². The topological polar surface area (TPSA) is 9.23 Å². The second kappa shape index (κ2) is 2.73. The lowest BCUT2D eigenvalue weighted by Crippen LogP contribution is -2.23. The van der Waals surface area contributed by atoms with E-state index < -0.39 is 0 Å². The van der Waals surface area contributed by atoms with E-state index in [1.165, 1.54) is 44.9 Å². The van der Waals surface area contributed by atoms with Gasteiger partial charge in [-0.1, -0.05) is 19.3 Å². The van der Waals surface area contributed by atoms with Gasteiger partial charge in [-0.05, 0) is 37.5 Å². The monoisotopic (exact) mass is 166 g/mol. The van der Waals surface area contributed by atoms with Crippen LogP contribution in [0, 0.1) is 11.8 Å². The Morgan fingerprint density at radius 2 is 1.25 bits per heavy atom. The lowest BCUT2D eigenvalue weighted by Gasteiger charge is -2.26.